The molecule has 0 aliphatic carbocycles. The van der Waals surface area contributed by atoms with E-state index >= 15 is 0 Å². The zero-order valence-electron chi connectivity index (χ0n) is 13.2. The van der Waals surface area contributed by atoms with Crippen molar-refractivity contribution >= 4 is 17.3 Å². The second-order valence-corrected chi connectivity index (χ2v) is 5.56. The maximum Gasteiger partial charge on any atom is 0.274 e. The van der Waals surface area contributed by atoms with Crippen molar-refractivity contribution in [1.82, 2.24) is 4.98 Å². The summed E-state index contributed by atoms with van der Waals surface area (Å²) in [7, 11) is 0. The van der Waals surface area contributed by atoms with Crippen molar-refractivity contribution in [1.29, 1.82) is 5.26 Å². The maximum atomic E-state index is 12.4. The zero-order chi connectivity index (χ0) is 16.8. The van der Waals surface area contributed by atoms with Gasteiger partial charge in [-0.1, -0.05) is 12.1 Å². The summed E-state index contributed by atoms with van der Waals surface area (Å²) in [5, 5.41) is 15.1. The Morgan fingerprint density at radius 1 is 1.38 bits per heavy atom. The van der Waals surface area contributed by atoms with Crippen molar-refractivity contribution in [2.45, 2.75) is 18.9 Å². The highest BCUT2D eigenvalue weighted by molar-refractivity contribution is 6.04. The minimum atomic E-state index is -0.349. The van der Waals surface area contributed by atoms with Crippen LogP contribution in [-0.2, 0) is 4.74 Å². The Balaban J connectivity index is 1.66. The summed E-state index contributed by atoms with van der Waals surface area (Å²) in [5.41, 5.74) is 2.00. The van der Waals surface area contributed by atoms with Gasteiger partial charge in [-0.25, -0.2) is 0 Å². The predicted molar refractivity (Wildman–Crippen MR) is 90.8 cm³/mol. The summed E-state index contributed by atoms with van der Waals surface area (Å²) in [6.07, 6.45) is 3.95. The Kier molecular flexibility index (Phi) is 5.04. The number of pyridine rings is 1. The van der Waals surface area contributed by atoms with Gasteiger partial charge in [0.25, 0.3) is 5.91 Å². The highest BCUT2D eigenvalue weighted by atomic mass is 16.5. The van der Waals surface area contributed by atoms with E-state index in [0.29, 0.717) is 23.5 Å². The van der Waals surface area contributed by atoms with Crippen molar-refractivity contribution < 1.29 is 9.53 Å². The van der Waals surface area contributed by atoms with Crippen LogP contribution in [0.4, 0.5) is 11.4 Å². The summed E-state index contributed by atoms with van der Waals surface area (Å²) in [5.74, 6) is -0.349. The van der Waals surface area contributed by atoms with Gasteiger partial charge >= 0.3 is 0 Å². The van der Waals surface area contributed by atoms with Gasteiger partial charge in [-0.15, -0.1) is 0 Å². The molecule has 0 bridgehead atoms. The van der Waals surface area contributed by atoms with E-state index in [1.54, 1.807) is 36.5 Å². The molecule has 0 saturated carbocycles. The highest BCUT2D eigenvalue weighted by Crippen LogP contribution is 2.17. The smallest absolute Gasteiger partial charge is 0.274 e. The maximum absolute atomic E-state index is 12.4. The number of amides is 1. The van der Waals surface area contributed by atoms with Crippen LogP contribution in [-0.4, -0.2) is 30.1 Å². The number of aromatic nitrogens is 1. The number of ether oxygens (including phenoxy) is 1. The molecule has 1 aliphatic rings. The van der Waals surface area contributed by atoms with Crippen LogP contribution in [0.15, 0.2) is 42.6 Å². The average molecular weight is 322 g/mol. The first kappa shape index (κ1) is 16.0. The van der Waals surface area contributed by atoms with Crippen LogP contribution in [0.2, 0.25) is 0 Å². The number of nitrogens with zero attached hydrogens (tertiary/aromatic N) is 2. The van der Waals surface area contributed by atoms with Gasteiger partial charge in [-0.05, 0) is 37.1 Å². The van der Waals surface area contributed by atoms with E-state index in [2.05, 4.69) is 21.7 Å². The van der Waals surface area contributed by atoms with Gasteiger partial charge in [0.15, 0.2) is 0 Å². The normalized spacial score (nSPS) is 16.4. The molecule has 3 rings (SSSR count). The molecule has 1 aromatic carbocycles. The first-order valence-corrected chi connectivity index (χ1v) is 7.88. The number of nitrogens with one attached hydrogen (secondary N) is 2. The molecule has 6 nitrogen and oxygen atoms in total. The van der Waals surface area contributed by atoms with Gasteiger partial charge in [0.05, 0.1) is 17.4 Å². The van der Waals surface area contributed by atoms with Crippen LogP contribution >= 0.6 is 0 Å². The van der Waals surface area contributed by atoms with Crippen LogP contribution in [0.25, 0.3) is 0 Å². The van der Waals surface area contributed by atoms with Gasteiger partial charge < -0.3 is 15.4 Å². The standard InChI is InChI=1S/C18H18N4O2/c19-11-13-4-1-2-6-16(13)22-18(23)17-10-14(7-8-20-17)21-12-15-5-3-9-24-15/h1-2,4,6-8,10,15H,3,5,9,12H2,(H,20,21)(H,22,23). The molecule has 1 atom stereocenters. The number of rotatable bonds is 5. The third-order valence-corrected chi connectivity index (χ3v) is 3.85. The van der Waals surface area contributed by atoms with E-state index in [1.165, 1.54) is 0 Å². The van der Waals surface area contributed by atoms with E-state index in [9.17, 15) is 4.79 Å². The molecule has 24 heavy (non-hydrogen) atoms. The third kappa shape index (κ3) is 3.89. The van der Waals surface area contributed by atoms with Crippen LogP contribution < -0.4 is 10.6 Å². The third-order valence-electron chi connectivity index (χ3n) is 3.85. The molecule has 1 amide bonds. The highest BCUT2D eigenvalue weighted by Gasteiger charge is 2.15. The van der Waals surface area contributed by atoms with Crippen molar-refractivity contribution in [3.63, 3.8) is 0 Å². The zero-order valence-corrected chi connectivity index (χ0v) is 13.2. The molecule has 2 aromatic rings. The van der Waals surface area contributed by atoms with Crippen LogP contribution in [0.1, 0.15) is 28.9 Å². The molecule has 0 radical (unpaired) electrons. The molecule has 1 saturated heterocycles. The number of hydrogen-bond donors (Lipinski definition) is 2. The fourth-order valence-corrected chi connectivity index (χ4v) is 2.58. The summed E-state index contributed by atoms with van der Waals surface area (Å²) >= 11 is 0. The Hall–Kier alpha value is -2.91. The average Bonchev–Trinajstić information content (AvgIpc) is 3.14. The molecule has 122 valence electrons. The fraction of sp³-hybridized carbons (Fsp3) is 0.278. The quantitative estimate of drug-likeness (QED) is 0.884. The number of hydrogen-bond acceptors (Lipinski definition) is 5. The van der Waals surface area contributed by atoms with Crippen LogP contribution in [0.5, 0.6) is 0 Å². The van der Waals surface area contributed by atoms with Gasteiger partial charge in [-0.3, -0.25) is 9.78 Å². The summed E-state index contributed by atoms with van der Waals surface area (Å²) in [4.78, 5) is 16.5. The summed E-state index contributed by atoms with van der Waals surface area (Å²) < 4.78 is 5.57. The molecule has 1 aliphatic heterocycles. The fourth-order valence-electron chi connectivity index (χ4n) is 2.58. The van der Waals surface area contributed by atoms with Crippen molar-refractivity contribution in [2.24, 2.45) is 0 Å². The van der Waals surface area contributed by atoms with Gasteiger partial charge in [0.1, 0.15) is 11.8 Å². The number of carbonyl (C=O) groups is 1. The largest absolute Gasteiger partial charge is 0.382 e. The number of carbonyl (C=O) groups excluding carboxylic acids is 1. The lowest BCUT2D eigenvalue weighted by Crippen LogP contribution is -2.19. The lowest BCUT2D eigenvalue weighted by molar-refractivity contribution is 0.102. The second-order valence-electron chi connectivity index (χ2n) is 5.56. The first-order valence-electron chi connectivity index (χ1n) is 7.88. The van der Waals surface area contributed by atoms with E-state index < -0.39 is 0 Å². The molecule has 1 unspecified atom stereocenters. The van der Waals surface area contributed by atoms with E-state index in [0.717, 1.165) is 25.1 Å². The summed E-state index contributed by atoms with van der Waals surface area (Å²) in [6, 6.07) is 12.4. The second kappa shape index (κ2) is 7.57. The number of benzene rings is 1. The van der Waals surface area contributed by atoms with Crippen molar-refractivity contribution in [3.05, 3.63) is 53.9 Å². The molecule has 6 heteroatoms. The molecule has 1 aromatic heterocycles. The van der Waals surface area contributed by atoms with Crippen molar-refractivity contribution in [3.8, 4) is 6.07 Å². The monoisotopic (exact) mass is 322 g/mol. The van der Waals surface area contributed by atoms with Crippen LogP contribution in [0.3, 0.4) is 0 Å². The molecule has 1 fully saturated rings. The molecule has 0 spiro atoms. The van der Waals surface area contributed by atoms with E-state index in [1.807, 2.05) is 6.07 Å². The lowest BCUT2D eigenvalue weighted by Gasteiger charge is -2.12. The molecule has 2 N–H and O–H groups in total. The lowest BCUT2D eigenvalue weighted by atomic mass is 10.2. The molecular weight excluding hydrogens is 304 g/mol. The molecule has 2 heterocycles. The van der Waals surface area contributed by atoms with Crippen molar-refractivity contribution in [2.75, 3.05) is 23.8 Å². The Morgan fingerprint density at radius 2 is 2.25 bits per heavy atom. The van der Waals surface area contributed by atoms with Crippen LogP contribution in [0, 0.1) is 11.3 Å². The minimum Gasteiger partial charge on any atom is -0.382 e. The molecular formula is C18H18N4O2. The number of para-hydroxylation sites is 1. The minimum absolute atomic E-state index is 0.220. The Labute approximate surface area is 140 Å². The van der Waals surface area contributed by atoms with Gasteiger partial charge in [-0.2, -0.15) is 5.26 Å². The van der Waals surface area contributed by atoms with E-state index in [4.69, 9.17) is 10.00 Å². The predicted octanol–water partition coefficient (Wildman–Crippen LogP) is 2.80. The number of nitriles is 1. The van der Waals surface area contributed by atoms with Gasteiger partial charge in [0, 0.05) is 25.0 Å². The topological polar surface area (TPSA) is 87.0 Å². The summed E-state index contributed by atoms with van der Waals surface area (Å²) in [6.45, 7) is 1.52. The number of anilines is 2. The Morgan fingerprint density at radius 3 is 3.04 bits per heavy atom. The Bertz CT molecular complexity index is 764. The van der Waals surface area contributed by atoms with Gasteiger partial charge in [0.2, 0.25) is 0 Å². The first-order chi connectivity index (χ1) is 11.8. The van der Waals surface area contributed by atoms with E-state index in [-0.39, 0.29) is 12.0 Å². The SMILES string of the molecule is N#Cc1ccccc1NC(=O)c1cc(NCC2CCCO2)ccn1.